The van der Waals surface area contributed by atoms with E-state index in [2.05, 4.69) is 96.1 Å². The Bertz CT molecular complexity index is 2350. The van der Waals surface area contributed by atoms with Crippen molar-refractivity contribution < 1.29 is 23.8 Å². The van der Waals surface area contributed by atoms with E-state index in [4.69, 9.17) is 35.8 Å². The maximum Gasteiger partial charge on any atom is 0.410 e. The number of ether oxygens (including phenoxy) is 3. The van der Waals surface area contributed by atoms with Gasteiger partial charge < -0.3 is 38.7 Å². The SMILES string of the molecule is CC(C)(C)OC(=O)N1CCN(c2nc(Cl)nc3c2CCN(Cc2ccccc2)C3)CC1.CN1CCCC1COc1nc2c(c(N3CCN(C(=O)OC(C)(C)C)CC3)n1)CCN(Cc1ccccc1)C2. The van der Waals surface area contributed by atoms with Gasteiger partial charge >= 0.3 is 18.2 Å². The van der Waals surface area contributed by atoms with Gasteiger partial charge in [-0.1, -0.05) is 60.7 Å². The van der Waals surface area contributed by atoms with Crippen molar-refractivity contribution in [1.29, 1.82) is 0 Å². The molecule has 2 aromatic carbocycles. The van der Waals surface area contributed by atoms with Gasteiger partial charge in [-0.25, -0.2) is 19.6 Å². The lowest BCUT2D eigenvalue weighted by Gasteiger charge is -2.38. The molecule has 2 aromatic heterocycles. The van der Waals surface area contributed by atoms with Gasteiger partial charge in [0.25, 0.3) is 0 Å². The summed E-state index contributed by atoms with van der Waals surface area (Å²) in [4.78, 5) is 59.2. The van der Waals surface area contributed by atoms with Crippen LogP contribution in [0.2, 0.25) is 5.28 Å². The van der Waals surface area contributed by atoms with Gasteiger partial charge in [-0.3, -0.25) is 9.80 Å². The van der Waals surface area contributed by atoms with E-state index >= 15 is 0 Å². The molecule has 7 heterocycles. The van der Waals surface area contributed by atoms with Gasteiger partial charge in [0.05, 0.1) is 11.4 Å². The topological polar surface area (TPSA) is 136 Å². The Morgan fingerprint density at radius 1 is 0.609 bits per heavy atom. The Hall–Kier alpha value is -5.29. The molecule has 0 aliphatic carbocycles. The van der Waals surface area contributed by atoms with E-state index in [0.29, 0.717) is 71.0 Å². The summed E-state index contributed by atoms with van der Waals surface area (Å²) in [6.07, 6.45) is 3.63. The van der Waals surface area contributed by atoms with E-state index in [-0.39, 0.29) is 17.5 Å². The number of hydrogen-bond donors (Lipinski definition) is 0. The van der Waals surface area contributed by atoms with E-state index < -0.39 is 11.2 Å². The number of piperazine rings is 2. The molecule has 3 fully saturated rings. The lowest BCUT2D eigenvalue weighted by atomic mass is 10.0. The Balaban J connectivity index is 0.000000190. The second-order valence-electron chi connectivity index (χ2n) is 20.9. The van der Waals surface area contributed by atoms with Crippen molar-refractivity contribution >= 4 is 35.4 Å². The average Bonchev–Trinajstić information content (AvgIpc) is 3.74. The number of rotatable bonds is 9. The number of likely N-dealkylation sites (tertiary alicyclic amines) is 1. The van der Waals surface area contributed by atoms with Crippen LogP contribution in [0.4, 0.5) is 21.2 Å². The van der Waals surface area contributed by atoms with Crippen molar-refractivity contribution in [1.82, 2.24) is 44.4 Å². The molecule has 0 saturated carbocycles. The molecular formula is C52H72ClN11O5. The average molecular weight is 967 g/mol. The van der Waals surface area contributed by atoms with Crippen LogP contribution in [-0.2, 0) is 48.5 Å². The standard InChI is InChI=1S/C29H42N6O3.C23H30ClN5O2/c1-29(2,3)38-28(36)35-17-15-34(16-18-35)26-24-12-14-33(19-22-9-6-5-7-10-22)20-25(24)30-27(31-26)37-21-23-11-8-13-32(23)4;1-23(2,3)31-22(30)29-13-11-28(12-14-29)20-18-9-10-27(15-17-7-5-4-6-8-17)16-19(18)25-21(24)26-20/h5-7,9-10,23H,8,11-21H2,1-4H3;4-8H,9-16H2,1-3H3. The van der Waals surface area contributed by atoms with Crippen molar-refractivity contribution in [2.45, 2.75) is 111 Å². The number of hydrogen-bond acceptors (Lipinski definition) is 14. The molecule has 69 heavy (non-hydrogen) atoms. The molecule has 9 rings (SSSR count). The molecule has 1 unspecified atom stereocenters. The van der Waals surface area contributed by atoms with Crippen LogP contribution in [0, 0.1) is 0 Å². The number of nitrogens with zero attached hydrogens (tertiary/aromatic N) is 11. The molecule has 0 N–H and O–H groups in total. The molecule has 2 amide bonds. The fourth-order valence-electron chi connectivity index (χ4n) is 9.63. The number of fused-ring (bicyclic) bond motifs is 2. The van der Waals surface area contributed by atoms with Gasteiger partial charge in [0.15, 0.2) is 0 Å². The minimum absolute atomic E-state index is 0.247. The quantitative estimate of drug-likeness (QED) is 0.155. The van der Waals surface area contributed by atoms with Crippen molar-refractivity contribution in [2.24, 2.45) is 0 Å². The normalized spacial score (nSPS) is 19.3. The molecular weight excluding hydrogens is 894 g/mol. The lowest BCUT2D eigenvalue weighted by Crippen LogP contribution is -2.50. The third-order valence-electron chi connectivity index (χ3n) is 13.2. The van der Waals surface area contributed by atoms with Crippen LogP contribution in [0.3, 0.4) is 0 Å². The largest absolute Gasteiger partial charge is 0.462 e. The zero-order valence-electron chi connectivity index (χ0n) is 41.8. The molecule has 0 radical (unpaired) electrons. The third kappa shape index (κ3) is 13.7. The van der Waals surface area contributed by atoms with Crippen LogP contribution in [0.25, 0.3) is 0 Å². The summed E-state index contributed by atoms with van der Waals surface area (Å²) >= 11 is 6.31. The second kappa shape index (κ2) is 22.2. The monoisotopic (exact) mass is 966 g/mol. The summed E-state index contributed by atoms with van der Waals surface area (Å²) in [5.74, 6) is 1.88. The number of carbonyl (C=O) groups is 2. The van der Waals surface area contributed by atoms with Crippen LogP contribution in [0.5, 0.6) is 6.01 Å². The number of aromatic nitrogens is 4. The highest BCUT2D eigenvalue weighted by atomic mass is 35.5. The van der Waals surface area contributed by atoms with Crippen LogP contribution in [-0.4, -0.2) is 160 Å². The highest BCUT2D eigenvalue weighted by molar-refractivity contribution is 6.28. The Labute approximate surface area is 413 Å². The predicted molar refractivity (Wildman–Crippen MR) is 269 cm³/mol. The molecule has 4 aromatic rings. The summed E-state index contributed by atoms with van der Waals surface area (Å²) < 4.78 is 17.3. The smallest absolute Gasteiger partial charge is 0.410 e. The van der Waals surface area contributed by atoms with Gasteiger partial charge in [0, 0.05) is 109 Å². The summed E-state index contributed by atoms with van der Waals surface area (Å²) in [5.41, 5.74) is 6.08. The summed E-state index contributed by atoms with van der Waals surface area (Å²) in [5, 5.41) is 0.282. The molecule has 17 heteroatoms. The summed E-state index contributed by atoms with van der Waals surface area (Å²) in [7, 11) is 2.16. The maximum atomic E-state index is 12.6. The highest BCUT2D eigenvalue weighted by Gasteiger charge is 2.33. The molecule has 0 spiro atoms. The van der Waals surface area contributed by atoms with Crippen LogP contribution in [0.15, 0.2) is 60.7 Å². The van der Waals surface area contributed by atoms with Gasteiger partial charge in [-0.05, 0) is 104 Å². The first-order chi connectivity index (χ1) is 33.0. The minimum Gasteiger partial charge on any atom is -0.462 e. The number of amides is 2. The van der Waals surface area contributed by atoms with Gasteiger partial charge in [-0.15, -0.1) is 0 Å². The van der Waals surface area contributed by atoms with Crippen molar-refractivity contribution in [2.75, 3.05) is 95.4 Å². The van der Waals surface area contributed by atoms with E-state index in [1.807, 2.05) is 47.6 Å². The van der Waals surface area contributed by atoms with Gasteiger partial charge in [-0.2, -0.15) is 9.97 Å². The molecule has 1 atom stereocenters. The minimum atomic E-state index is -0.495. The summed E-state index contributed by atoms with van der Waals surface area (Å²) in [6.45, 7) is 23.6. The number of likely N-dealkylation sites (N-methyl/N-ethyl adjacent to an activating group) is 1. The molecule has 5 aliphatic rings. The highest BCUT2D eigenvalue weighted by Crippen LogP contribution is 2.32. The third-order valence-corrected chi connectivity index (χ3v) is 13.4. The van der Waals surface area contributed by atoms with Crippen molar-refractivity contribution in [3.63, 3.8) is 0 Å². The van der Waals surface area contributed by atoms with Crippen LogP contribution >= 0.6 is 11.6 Å². The first-order valence-corrected chi connectivity index (χ1v) is 25.2. The number of benzene rings is 2. The fraction of sp³-hybridized carbons (Fsp3) is 0.577. The Morgan fingerprint density at radius 3 is 1.52 bits per heavy atom. The van der Waals surface area contributed by atoms with Crippen molar-refractivity contribution in [3.05, 3.63) is 99.6 Å². The zero-order valence-corrected chi connectivity index (χ0v) is 42.6. The second-order valence-corrected chi connectivity index (χ2v) is 21.2. The molecule has 372 valence electrons. The van der Waals surface area contributed by atoms with Gasteiger partial charge in [0.2, 0.25) is 5.28 Å². The first-order valence-electron chi connectivity index (χ1n) is 24.8. The zero-order chi connectivity index (χ0) is 48.7. The fourth-order valence-corrected chi connectivity index (χ4v) is 9.82. The van der Waals surface area contributed by atoms with E-state index in [9.17, 15) is 9.59 Å². The van der Waals surface area contributed by atoms with E-state index in [1.165, 1.54) is 28.7 Å². The number of halogens is 1. The molecule has 0 bridgehead atoms. The van der Waals surface area contributed by atoms with E-state index in [0.717, 1.165) is 88.1 Å². The molecule has 3 saturated heterocycles. The Morgan fingerprint density at radius 2 is 1.07 bits per heavy atom. The number of anilines is 2. The predicted octanol–water partition coefficient (Wildman–Crippen LogP) is 7.31. The van der Waals surface area contributed by atoms with Crippen LogP contribution in [0.1, 0.15) is 88.0 Å². The summed E-state index contributed by atoms with van der Waals surface area (Å²) in [6, 6.07) is 22.0. The number of carbonyl (C=O) groups excluding carboxylic acids is 2. The maximum absolute atomic E-state index is 12.6. The Kier molecular flexibility index (Phi) is 16.1. The van der Waals surface area contributed by atoms with Crippen molar-refractivity contribution in [3.8, 4) is 6.01 Å². The lowest BCUT2D eigenvalue weighted by molar-refractivity contribution is 0.0230. The molecule has 16 nitrogen and oxygen atoms in total. The van der Waals surface area contributed by atoms with E-state index in [1.54, 1.807) is 9.80 Å². The molecule has 5 aliphatic heterocycles. The van der Waals surface area contributed by atoms with Crippen LogP contribution < -0.4 is 14.5 Å². The van der Waals surface area contributed by atoms with Gasteiger partial charge in [0.1, 0.15) is 29.4 Å². The first kappa shape index (κ1) is 50.1.